The summed E-state index contributed by atoms with van der Waals surface area (Å²) in [6.45, 7) is 0. The monoisotopic (exact) mass is 583 g/mol. The van der Waals surface area contributed by atoms with Gasteiger partial charge in [0.2, 0.25) is 5.91 Å². The average molecular weight is 584 g/mol. The van der Waals surface area contributed by atoms with E-state index in [1.54, 1.807) is 31.4 Å². The molecular weight excluding hydrogens is 555 g/mol. The molecule has 0 saturated heterocycles. The van der Waals surface area contributed by atoms with E-state index in [0.717, 1.165) is 41.7 Å². The lowest BCUT2D eigenvalue weighted by Gasteiger charge is -2.17. The van der Waals surface area contributed by atoms with Gasteiger partial charge in [-0.05, 0) is 73.2 Å². The van der Waals surface area contributed by atoms with Crippen LogP contribution in [0.5, 0.6) is 11.5 Å². The van der Waals surface area contributed by atoms with Crippen LogP contribution in [-0.4, -0.2) is 26.0 Å². The van der Waals surface area contributed by atoms with E-state index in [1.807, 2.05) is 48.5 Å². The Morgan fingerprint density at radius 2 is 1.71 bits per heavy atom. The molecule has 1 aliphatic rings. The molecule has 1 aliphatic carbocycles. The van der Waals surface area contributed by atoms with E-state index >= 15 is 0 Å². The standard InChI is InChI=1S/C32H29N3O4S2/c1-38-26-16-15-21(17-27(26)39-2)30(36)34-22-11-8-12-23(18-22)40-29(20-9-4-3-5-10-20)31(37)35-32-25(19-33)24-13-6-7-14-28(24)41-32/h3-5,8-12,15-18,29H,6-7,13-14H2,1-2H3,(H,34,36)(H,35,37). The van der Waals surface area contributed by atoms with Crippen LogP contribution in [0.4, 0.5) is 10.7 Å². The second-order valence-corrected chi connectivity index (χ2v) is 11.8. The molecule has 41 heavy (non-hydrogen) atoms. The van der Waals surface area contributed by atoms with Crippen molar-refractivity contribution in [1.82, 2.24) is 0 Å². The molecule has 4 aromatic rings. The predicted molar refractivity (Wildman–Crippen MR) is 163 cm³/mol. The highest BCUT2D eigenvalue weighted by Gasteiger charge is 2.27. The van der Waals surface area contributed by atoms with Gasteiger partial charge in [-0.25, -0.2) is 0 Å². The molecule has 0 radical (unpaired) electrons. The van der Waals surface area contributed by atoms with Crippen LogP contribution in [0.3, 0.4) is 0 Å². The van der Waals surface area contributed by atoms with Crippen LogP contribution in [0.1, 0.15) is 50.0 Å². The minimum Gasteiger partial charge on any atom is -0.493 e. The topological polar surface area (TPSA) is 100 Å². The first-order valence-corrected chi connectivity index (χ1v) is 14.9. The normalized spacial score (nSPS) is 12.9. The summed E-state index contributed by atoms with van der Waals surface area (Å²) in [4.78, 5) is 28.7. The Bertz CT molecular complexity index is 1610. The van der Waals surface area contributed by atoms with Crippen LogP contribution < -0.4 is 20.1 Å². The number of hydrogen-bond acceptors (Lipinski definition) is 7. The Kier molecular flexibility index (Phi) is 8.92. The number of thioether (sulfide) groups is 1. The number of nitrogens with zero attached hydrogens (tertiary/aromatic N) is 1. The molecule has 3 aromatic carbocycles. The summed E-state index contributed by atoms with van der Waals surface area (Å²) < 4.78 is 10.6. The van der Waals surface area contributed by atoms with Gasteiger partial charge in [0.1, 0.15) is 16.3 Å². The van der Waals surface area contributed by atoms with E-state index in [1.165, 1.54) is 35.1 Å². The number of aryl methyl sites for hydroxylation is 1. The molecule has 1 aromatic heterocycles. The number of amides is 2. The van der Waals surface area contributed by atoms with E-state index in [4.69, 9.17) is 9.47 Å². The van der Waals surface area contributed by atoms with E-state index < -0.39 is 5.25 Å². The van der Waals surface area contributed by atoms with Crippen molar-refractivity contribution in [3.63, 3.8) is 0 Å². The zero-order chi connectivity index (χ0) is 28.8. The van der Waals surface area contributed by atoms with Gasteiger partial charge >= 0.3 is 0 Å². The van der Waals surface area contributed by atoms with Gasteiger partial charge in [-0.2, -0.15) is 5.26 Å². The number of methoxy groups -OCH3 is 2. The molecule has 1 unspecified atom stereocenters. The quantitative estimate of drug-likeness (QED) is 0.202. The predicted octanol–water partition coefficient (Wildman–Crippen LogP) is 7.24. The molecule has 0 saturated carbocycles. The maximum absolute atomic E-state index is 13.7. The number of hydrogen-bond donors (Lipinski definition) is 2. The first-order chi connectivity index (χ1) is 20.0. The Labute approximate surface area is 247 Å². The van der Waals surface area contributed by atoms with Gasteiger partial charge < -0.3 is 20.1 Å². The minimum absolute atomic E-state index is 0.198. The lowest BCUT2D eigenvalue weighted by molar-refractivity contribution is -0.115. The van der Waals surface area contributed by atoms with Gasteiger partial charge in [-0.1, -0.05) is 36.4 Å². The molecule has 2 amide bonds. The lowest BCUT2D eigenvalue weighted by atomic mass is 9.96. The molecule has 0 aliphatic heterocycles. The fourth-order valence-electron chi connectivity index (χ4n) is 4.81. The maximum atomic E-state index is 13.7. The third-order valence-electron chi connectivity index (χ3n) is 6.85. The van der Waals surface area contributed by atoms with Gasteiger partial charge in [0, 0.05) is 21.0 Å². The van der Waals surface area contributed by atoms with Crippen molar-refractivity contribution in [3.05, 3.63) is 99.9 Å². The number of carbonyl (C=O) groups is 2. The number of anilines is 2. The van der Waals surface area contributed by atoms with Crippen LogP contribution in [0, 0.1) is 11.3 Å². The fourth-order valence-corrected chi connectivity index (χ4v) is 7.14. The third kappa shape index (κ3) is 6.40. The van der Waals surface area contributed by atoms with Crippen LogP contribution in [0.2, 0.25) is 0 Å². The molecule has 9 heteroatoms. The second kappa shape index (κ2) is 12.9. The molecule has 1 atom stereocenters. The second-order valence-electron chi connectivity index (χ2n) is 9.48. The van der Waals surface area contributed by atoms with Crippen molar-refractivity contribution < 1.29 is 19.1 Å². The molecular formula is C32H29N3O4S2. The SMILES string of the molecule is COc1ccc(C(=O)Nc2cccc(SC(C(=O)Nc3sc4c(c3C#N)CCCC4)c3ccccc3)c2)cc1OC. The smallest absolute Gasteiger partial charge is 0.255 e. The lowest BCUT2D eigenvalue weighted by Crippen LogP contribution is -2.19. The van der Waals surface area contributed by atoms with Crippen molar-refractivity contribution in [3.8, 4) is 17.6 Å². The fraction of sp³-hybridized carbons (Fsp3) is 0.219. The molecule has 2 N–H and O–H groups in total. The van der Waals surface area contributed by atoms with Crippen LogP contribution in [-0.2, 0) is 17.6 Å². The number of ether oxygens (including phenoxy) is 2. The van der Waals surface area contributed by atoms with Gasteiger partial charge in [0.05, 0.1) is 19.8 Å². The first kappa shape index (κ1) is 28.3. The number of nitriles is 1. The molecule has 0 bridgehead atoms. The zero-order valence-electron chi connectivity index (χ0n) is 22.7. The molecule has 208 valence electrons. The summed E-state index contributed by atoms with van der Waals surface area (Å²) in [6.07, 6.45) is 3.99. The summed E-state index contributed by atoms with van der Waals surface area (Å²) in [5, 5.41) is 15.9. The van der Waals surface area contributed by atoms with Gasteiger partial charge in [0.25, 0.3) is 5.91 Å². The number of carbonyl (C=O) groups excluding carboxylic acids is 2. The molecule has 0 spiro atoms. The number of nitrogens with one attached hydrogen (secondary N) is 2. The molecule has 7 nitrogen and oxygen atoms in total. The highest BCUT2D eigenvalue weighted by molar-refractivity contribution is 8.00. The molecule has 5 rings (SSSR count). The third-order valence-corrected chi connectivity index (χ3v) is 9.31. The van der Waals surface area contributed by atoms with Crippen LogP contribution in [0.15, 0.2) is 77.7 Å². The van der Waals surface area contributed by atoms with Crippen molar-refractivity contribution in [2.75, 3.05) is 24.9 Å². The minimum atomic E-state index is -0.571. The Morgan fingerprint density at radius 1 is 0.927 bits per heavy atom. The Hall–Kier alpha value is -4.26. The van der Waals surface area contributed by atoms with Crippen molar-refractivity contribution in [2.45, 2.75) is 35.8 Å². The summed E-state index contributed by atoms with van der Waals surface area (Å²) >= 11 is 2.91. The number of rotatable bonds is 9. The van der Waals surface area contributed by atoms with Crippen molar-refractivity contribution in [1.29, 1.82) is 5.26 Å². The van der Waals surface area contributed by atoms with Crippen LogP contribution in [0.25, 0.3) is 0 Å². The number of benzene rings is 3. The Morgan fingerprint density at radius 3 is 2.46 bits per heavy atom. The van der Waals surface area contributed by atoms with E-state index in [2.05, 4.69) is 16.7 Å². The van der Waals surface area contributed by atoms with Gasteiger partial charge in [-0.15, -0.1) is 23.1 Å². The summed E-state index contributed by atoms with van der Waals surface area (Å²) in [7, 11) is 3.06. The van der Waals surface area contributed by atoms with E-state index in [-0.39, 0.29) is 11.8 Å². The summed E-state index contributed by atoms with van der Waals surface area (Å²) in [6, 6.07) is 24.3. The molecule has 0 fully saturated rings. The van der Waals surface area contributed by atoms with Crippen LogP contribution >= 0.6 is 23.1 Å². The summed E-state index contributed by atoms with van der Waals surface area (Å²) in [5.74, 6) is 0.511. The Balaban J connectivity index is 1.36. The maximum Gasteiger partial charge on any atom is 0.255 e. The summed E-state index contributed by atoms with van der Waals surface area (Å²) in [5.41, 5.74) is 3.54. The first-order valence-electron chi connectivity index (χ1n) is 13.2. The highest BCUT2D eigenvalue weighted by atomic mass is 32.2. The zero-order valence-corrected chi connectivity index (χ0v) is 24.4. The van der Waals surface area contributed by atoms with Gasteiger partial charge in [-0.3, -0.25) is 9.59 Å². The van der Waals surface area contributed by atoms with Gasteiger partial charge in [0.15, 0.2) is 11.5 Å². The molecule has 1 heterocycles. The largest absolute Gasteiger partial charge is 0.493 e. The number of thiophene rings is 1. The number of fused-ring (bicyclic) bond motifs is 1. The van der Waals surface area contributed by atoms with E-state index in [9.17, 15) is 14.9 Å². The van der Waals surface area contributed by atoms with Crippen molar-refractivity contribution in [2.24, 2.45) is 0 Å². The highest BCUT2D eigenvalue weighted by Crippen LogP contribution is 2.41. The van der Waals surface area contributed by atoms with E-state index in [0.29, 0.717) is 33.3 Å². The average Bonchev–Trinajstić information content (AvgIpc) is 3.36. The van der Waals surface area contributed by atoms with Crippen molar-refractivity contribution >= 4 is 45.6 Å².